The molecule has 0 aromatic heterocycles. The molecule has 12 atom stereocenters. The second kappa shape index (κ2) is 27.8. The largest absolute Gasteiger partial charge is 0.497 e. The minimum atomic E-state index is -1.61. The van der Waals surface area contributed by atoms with Crippen molar-refractivity contribution in [3.63, 3.8) is 0 Å². The lowest BCUT2D eigenvalue weighted by Crippen LogP contribution is -2.51. The van der Waals surface area contributed by atoms with E-state index in [4.69, 9.17) is 37.5 Å². The van der Waals surface area contributed by atoms with Gasteiger partial charge in [-0.3, -0.25) is 0 Å². The number of nitrogens with zero attached hydrogens (tertiary/aromatic N) is 2. The van der Waals surface area contributed by atoms with E-state index >= 15 is 0 Å². The Labute approximate surface area is 476 Å². The molecule has 434 valence electrons. The first kappa shape index (κ1) is 61.0. The van der Waals surface area contributed by atoms with Crippen molar-refractivity contribution in [1.82, 2.24) is 9.99 Å². The summed E-state index contributed by atoms with van der Waals surface area (Å²) in [6, 6.07) is 28.6. The molecule has 0 spiro atoms. The fourth-order valence-electron chi connectivity index (χ4n) is 15.2. The number of hydrogen-bond donors (Lipinski definition) is 1. The number of allylic oxidation sites excluding steroid dienone is 1. The second-order valence-electron chi connectivity index (χ2n) is 25.1. The van der Waals surface area contributed by atoms with Gasteiger partial charge in [0.25, 0.3) is 8.53 Å². The number of methoxy groups -OCH3 is 2. The average Bonchev–Trinajstić information content (AvgIpc) is 3.96. The van der Waals surface area contributed by atoms with E-state index in [9.17, 15) is 10.1 Å². The number of rotatable bonds is 27. The fourth-order valence-corrected chi connectivity index (χ4v) is 16.9. The number of nitrogens with one attached hydrogen (secondary N) is 1. The minimum Gasteiger partial charge on any atom is -0.497 e. The van der Waals surface area contributed by atoms with Crippen molar-refractivity contribution in [3.8, 4) is 17.6 Å². The number of hydrogen-bond acceptors (Lipinski definition) is 11. The van der Waals surface area contributed by atoms with Gasteiger partial charge < -0.3 is 42.8 Å². The Bertz CT molecular complexity index is 2390. The lowest BCUT2D eigenvalue weighted by Gasteiger charge is -2.58. The summed E-state index contributed by atoms with van der Waals surface area (Å²) in [4.78, 5) is 13.4. The van der Waals surface area contributed by atoms with Crippen LogP contribution in [0.3, 0.4) is 0 Å². The summed E-state index contributed by atoms with van der Waals surface area (Å²) in [5, 5.41) is 12.5. The molecule has 3 saturated carbocycles. The molecule has 1 N–H and O–H groups in total. The fraction of sp³-hybridized carbons (Fsp3) is 0.667. The monoisotopic (exact) mass is 1110 g/mol. The highest BCUT2D eigenvalue weighted by Gasteiger charge is 2.59. The summed E-state index contributed by atoms with van der Waals surface area (Å²) in [6.07, 6.45) is 15.3. The van der Waals surface area contributed by atoms with E-state index in [0.717, 1.165) is 83.0 Å². The maximum absolute atomic E-state index is 13.4. The quantitative estimate of drug-likeness (QED) is 0.0339. The molecule has 4 aliphatic carbocycles. The van der Waals surface area contributed by atoms with Crippen molar-refractivity contribution in [2.45, 2.75) is 194 Å². The van der Waals surface area contributed by atoms with E-state index in [2.05, 4.69) is 96.6 Å². The predicted molar refractivity (Wildman–Crippen MR) is 314 cm³/mol. The van der Waals surface area contributed by atoms with Gasteiger partial charge >= 0.3 is 6.09 Å². The number of fused-ring (bicyclic) bond motifs is 5. The summed E-state index contributed by atoms with van der Waals surface area (Å²) in [6.45, 7) is 22.2. The molecule has 4 fully saturated rings. The van der Waals surface area contributed by atoms with Crippen LogP contribution in [0.2, 0.25) is 0 Å². The van der Waals surface area contributed by atoms with E-state index in [1.165, 1.54) is 56.9 Å². The third-order valence-electron chi connectivity index (χ3n) is 19.1. The van der Waals surface area contributed by atoms with Gasteiger partial charge in [0.2, 0.25) is 0 Å². The molecule has 13 heteroatoms. The first-order valence-electron chi connectivity index (χ1n) is 30.2. The van der Waals surface area contributed by atoms with E-state index in [1.54, 1.807) is 14.2 Å². The number of benzene rings is 3. The van der Waals surface area contributed by atoms with Gasteiger partial charge in [0.1, 0.15) is 29.3 Å². The summed E-state index contributed by atoms with van der Waals surface area (Å²) in [5.41, 5.74) is 3.85. The zero-order valence-corrected chi connectivity index (χ0v) is 50.6. The smallest absolute Gasteiger partial charge is 0.407 e. The third kappa shape index (κ3) is 14.1. The molecule has 1 saturated heterocycles. The van der Waals surface area contributed by atoms with Crippen LogP contribution in [-0.2, 0) is 33.6 Å². The van der Waals surface area contributed by atoms with E-state index in [-0.39, 0.29) is 49.3 Å². The molecule has 0 bridgehead atoms. The van der Waals surface area contributed by atoms with E-state index < -0.39 is 32.6 Å². The van der Waals surface area contributed by atoms with Crippen LogP contribution in [0.1, 0.15) is 169 Å². The topological polar surface area (TPSA) is 130 Å². The number of nitriles is 1. The number of amides is 1. The molecule has 79 heavy (non-hydrogen) atoms. The van der Waals surface area contributed by atoms with Crippen LogP contribution in [0.4, 0.5) is 4.79 Å². The van der Waals surface area contributed by atoms with Crippen LogP contribution in [0.5, 0.6) is 11.5 Å². The van der Waals surface area contributed by atoms with Gasteiger partial charge in [0, 0.05) is 31.5 Å². The summed E-state index contributed by atoms with van der Waals surface area (Å²) in [5.74, 6) is 6.26. The van der Waals surface area contributed by atoms with Gasteiger partial charge in [-0.05, 0) is 166 Å². The number of alkyl carbamates (subject to hydrolysis) is 1. The van der Waals surface area contributed by atoms with Crippen molar-refractivity contribution in [3.05, 3.63) is 107 Å². The van der Waals surface area contributed by atoms with Crippen LogP contribution in [0.15, 0.2) is 90.5 Å². The standard InChI is InChI=1S/C66H96N3O9P/c1-45(2)18-15-19-48(7)57-32-33-58-56-31-26-52-42-55(34-36-64(52,8)59(56)35-37-65(57,58)9)76-63(70)68-39-17-40-73-62-43-60(78-79(75-41-16-38-67)69(46(3)4)47(5)6)61(77-62)44-74-66(49-20-13-12-14-21-49,50-22-27-53(71-10)28-23-50)51-24-29-54(72-11)30-25-51/h12-14,20-30,45-48,55-62H,15-19,31-37,39-44H2,1-11H3,(H,68,70)/t48-,55?,56+,57-,58+,59+,60+,61-,62+,64+,65-,79?/m1/s1. The Morgan fingerprint density at radius 3 is 2.13 bits per heavy atom. The van der Waals surface area contributed by atoms with E-state index in [0.29, 0.717) is 31.4 Å². The van der Waals surface area contributed by atoms with Crippen molar-refractivity contribution in [1.29, 1.82) is 5.26 Å². The molecule has 1 heterocycles. The maximum atomic E-state index is 13.4. The van der Waals surface area contributed by atoms with Gasteiger partial charge in [-0.2, -0.15) is 5.26 Å². The molecule has 2 unspecified atom stereocenters. The molecular weight excluding hydrogens is 1010 g/mol. The zero-order valence-electron chi connectivity index (χ0n) is 49.8. The zero-order chi connectivity index (χ0) is 56.3. The molecule has 12 nitrogen and oxygen atoms in total. The molecule has 3 aromatic rings. The van der Waals surface area contributed by atoms with Gasteiger partial charge in [0.05, 0.1) is 52.6 Å². The SMILES string of the molecule is COc1ccc(C(OC[C@H]2O[C@H](OCCCNC(=O)OC3CC[C@@]4(C)C(=CC[C@H]5[C@@H]6CC[C@H]([C@H](C)CCCC(C)C)[C@@]6(C)CC[C@@H]54)C3)C[C@@H]2OP(OCCC#N)N(C(C)C)C(C)C)(c2ccccc2)c2ccc(OC)cc2)cc1. The molecule has 3 aromatic carbocycles. The predicted octanol–water partition coefficient (Wildman–Crippen LogP) is 15.3. The van der Waals surface area contributed by atoms with Crippen LogP contribution in [-0.4, -0.2) is 88.0 Å². The summed E-state index contributed by atoms with van der Waals surface area (Å²) in [7, 11) is 1.71. The number of carbonyl (C=O) groups excluding carboxylic acids is 1. The molecular formula is C66H96N3O9P. The van der Waals surface area contributed by atoms with Crippen LogP contribution < -0.4 is 14.8 Å². The second-order valence-corrected chi connectivity index (χ2v) is 26.5. The number of ether oxygens (including phenoxy) is 6. The molecule has 8 rings (SSSR count). The van der Waals surface area contributed by atoms with Gasteiger partial charge in [-0.1, -0.05) is 120 Å². The summed E-state index contributed by atoms with van der Waals surface area (Å²) >= 11 is 0. The minimum absolute atomic E-state index is 0.106. The third-order valence-corrected chi connectivity index (χ3v) is 21.3. The lowest BCUT2D eigenvalue weighted by atomic mass is 9.47. The highest BCUT2D eigenvalue weighted by atomic mass is 31.2. The molecule has 0 radical (unpaired) electrons. The molecule has 1 amide bonds. The highest BCUT2D eigenvalue weighted by molar-refractivity contribution is 7.44. The normalized spacial score (nSPS) is 28.4. The van der Waals surface area contributed by atoms with Gasteiger partial charge in [-0.25, -0.2) is 9.46 Å². The molecule has 5 aliphatic rings. The Balaban J connectivity index is 0.899. The van der Waals surface area contributed by atoms with Crippen LogP contribution in [0.25, 0.3) is 0 Å². The van der Waals surface area contributed by atoms with Crippen LogP contribution in [0, 0.1) is 57.7 Å². The van der Waals surface area contributed by atoms with Gasteiger partial charge in [0.15, 0.2) is 6.29 Å². The van der Waals surface area contributed by atoms with E-state index in [1.807, 2.05) is 66.7 Å². The van der Waals surface area contributed by atoms with Gasteiger partial charge in [-0.15, -0.1) is 0 Å². The number of carbonyl (C=O) groups is 1. The first-order chi connectivity index (χ1) is 38.0. The van der Waals surface area contributed by atoms with Crippen molar-refractivity contribution in [2.75, 3.05) is 40.6 Å². The van der Waals surface area contributed by atoms with Crippen LogP contribution >= 0.6 is 8.53 Å². The average molecular weight is 1110 g/mol. The van der Waals surface area contributed by atoms with Crippen molar-refractivity contribution < 1.29 is 42.3 Å². The Morgan fingerprint density at radius 1 is 0.823 bits per heavy atom. The Morgan fingerprint density at radius 2 is 1.49 bits per heavy atom. The van der Waals surface area contributed by atoms with Crippen molar-refractivity contribution >= 4 is 14.6 Å². The highest BCUT2D eigenvalue weighted by Crippen LogP contribution is 2.67. The van der Waals surface area contributed by atoms with Crippen molar-refractivity contribution in [2.24, 2.45) is 46.3 Å². The molecule has 1 aliphatic heterocycles. The maximum Gasteiger partial charge on any atom is 0.407 e. The lowest BCUT2D eigenvalue weighted by molar-refractivity contribution is -0.156. The Kier molecular flexibility index (Phi) is 21.5. The first-order valence-corrected chi connectivity index (χ1v) is 31.3. The Hall–Kier alpha value is -4.05. The summed E-state index contributed by atoms with van der Waals surface area (Å²) < 4.78 is 53.7.